The van der Waals surface area contributed by atoms with Crippen LogP contribution >= 0.6 is 11.3 Å². The van der Waals surface area contributed by atoms with E-state index in [0.717, 1.165) is 17.3 Å². The van der Waals surface area contributed by atoms with Crippen LogP contribution in [0.25, 0.3) is 0 Å². The van der Waals surface area contributed by atoms with E-state index in [1.165, 1.54) is 4.88 Å². The van der Waals surface area contributed by atoms with Gasteiger partial charge in [0.25, 0.3) is 0 Å². The van der Waals surface area contributed by atoms with Gasteiger partial charge in [-0.05, 0) is 37.4 Å². The molecule has 0 aliphatic carbocycles. The quantitative estimate of drug-likeness (QED) is 0.758. The molecule has 0 aliphatic heterocycles. The van der Waals surface area contributed by atoms with Crippen LogP contribution in [-0.2, 0) is 0 Å². The van der Waals surface area contributed by atoms with Crippen molar-refractivity contribution in [3.8, 4) is 0 Å². The van der Waals surface area contributed by atoms with Gasteiger partial charge in [-0.15, -0.1) is 11.3 Å². The summed E-state index contributed by atoms with van der Waals surface area (Å²) >= 11 is 1.77. The standard InChI is InChI=1S/C16H17N3S/c1-12-11-19(13(2)15-9-6-10-20-15)16(17-12)18-14-7-4-3-5-8-14/h3-11,13H,1-2H3,(H,17,18). The van der Waals surface area contributed by atoms with Gasteiger partial charge in [0.05, 0.1) is 11.7 Å². The molecule has 0 amide bonds. The summed E-state index contributed by atoms with van der Waals surface area (Å²) in [6.07, 6.45) is 2.09. The summed E-state index contributed by atoms with van der Waals surface area (Å²) in [5.74, 6) is 0.884. The number of benzene rings is 1. The molecule has 2 aromatic heterocycles. The Kier molecular flexibility index (Phi) is 3.56. The number of imidazole rings is 1. The fourth-order valence-corrected chi connectivity index (χ4v) is 3.00. The summed E-state index contributed by atoms with van der Waals surface area (Å²) < 4.78 is 2.19. The van der Waals surface area contributed by atoms with Gasteiger partial charge < -0.3 is 9.88 Å². The molecule has 0 fully saturated rings. The Bertz CT molecular complexity index is 671. The number of anilines is 2. The van der Waals surface area contributed by atoms with Gasteiger partial charge in [0, 0.05) is 16.8 Å². The number of hydrogen-bond donors (Lipinski definition) is 1. The molecule has 0 bridgehead atoms. The first kappa shape index (κ1) is 12.9. The molecule has 3 nitrogen and oxygen atoms in total. The summed E-state index contributed by atoms with van der Waals surface area (Å²) in [6.45, 7) is 4.22. The summed E-state index contributed by atoms with van der Waals surface area (Å²) in [5, 5.41) is 5.50. The zero-order valence-corrected chi connectivity index (χ0v) is 12.4. The van der Waals surface area contributed by atoms with Crippen LogP contribution in [0.5, 0.6) is 0 Å². The molecule has 20 heavy (non-hydrogen) atoms. The third-order valence-corrected chi connectivity index (χ3v) is 4.30. The van der Waals surface area contributed by atoms with Gasteiger partial charge in [0.2, 0.25) is 5.95 Å². The lowest BCUT2D eigenvalue weighted by Crippen LogP contribution is -2.08. The van der Waals surface area contributed by atoms with Gasteiger partial charge in [-0.25, -0.2) is 4.98 Å². The molecule has 0 aliphatic rings. The van der Waals surface area contributed by atoms with Crippen LogP contribution in [0.3, 0.4) is 0 Å². The van der Waals surface area contributed by atoms with Crippen LogP contribution in [0.1, 0.15) is 23.5 Å². The largest absolute Gasteiger partial charge is 0.326 e. The van der Waals surface area contributed by atoms with Gasteiger partial charge in [-0.2, -0.15) is 0 Å². The number of para-hydroxylation sites is 1. The second kappa shape index (κ2) is 5.51. The molecule has 1 aromatic carbocycles. The predicted molar refractivity (Wildman–Crippen MR) is 84.8 cm³/mol. The van der Waals surface area contributed by atoms with Gasteiger partial charge in [0.1, 0.15) is 0 Å². The van der Waals surface area contributed by atoms with Crippen LogP contribution in [0, 0.1) is 6.92 Å². The lowest BCUT2D eigenvalue weighted by Gasteiger charge is -2.15. The van der Waals surface area contributed by atoms with E-state index in [-0.39, 0.29) is 6.04 Å². The molecule has 1 unspecified atom stereocenters. The Morgan fingerprint density at radius 1 is 1.15 bits per heavy atom. The summed E-state index contributed by atoms with van der Waals surface area (Å²) in [6, 6.07) is 14.7. The number of hydrogen-bond acceptors (Lipinski definition) is 3. The Balaban J connectivity index is 1.92. The maximum atomic E-state index is 4.59. The van der Waals surface area contributed by atoms with Crippen LogP contribution < -0.4 is 5.32 Å². The number of nitrogens with one attached hydrogen (secondary N) is 1. The molecule has 0 spiro atoms. The van der Waals surface area contributed by atoms with Crippen LogP contribution in [0.2, 0.25) is 0 Å². The van der Waals surface area contributed by atoms with Crippen molar-refractivity contribution in [1.82, 2.24) is 9.55 Å². The topological polar surface area (TPSA) is 29.9 Å². The normalized spacial score (nSPS) is 12.3. The Morgan fingerprint density at radius 2 is 1.95 bits per heavy atom. The van der Waals surface area contributed by atoms with Crippen molar-refractivity contribution >= 4 is 23.0 Å². The third kappa shape index (κ3) is 2.60. The Hall–Kier alpha value is -2.07. The minimum atomic E-state index is 0.280. The van der Waals surface area contributed by atoms with Gasteiger partial charge in [0.15, 0.2) is 0 Å². The highest BCUT2D eigenvalue weighted by Crippen LogP contribution is 2.27. The molecule has 4 heteroatoms. The molecule has 0 saturated heterocycles. The van der Waals surface area contributed by atoms with E-state index in [1.807, 2.05) is 37.3 Å². The van der Waals surface area contributed by atoms with E-state index in [4.69, 9.17) is 0 Å². The smallest absolute Gasteiger partial charge is 0.208 e. The number of aromatic nitrogens is 2. The third-order valence-electron chi connectivity index (χ3n) is 3.25. The maximum absolute atomic E-state index is 4.59. The lowest BCUT2D eigenvalue weighted by molar-refractivity contribution is 0.658. The van der Waals surface area contributed by atoms with E-state index < -0.39 is 0 Å². The average molecular weight is 283 g/mol. The maximum Gasteiger partial charge on any atom is 0.208 e. The number of aryl methyl sites for hydroxylation is 1. The van der Waals surface area contributed by atoms with Crippen molar-refractivity contribution in [2.24, 2.45) is 0 Å². The Morgan fingerprint density at radius 3 is 2.65 bits per heavy atom. The van der Waals surface area contributed by atoms with Gasteiger partial charge >= 0.3 is 0 Å². The summed E-state index contributed by atoms with van der Waals surface area (Å²) in [7, 11) is 0. The van der Waals surface area contributed by atoms with Crippen molar-refractivity contribution in [1.29, 1.82) is 0 Å². The fourth-order valence-electron chi connectivity index (χ4n) is 2.22. The van der Waals surface area contributed by atoms with E-state index in [1.54, 1.807) is 11.3 Å². The molecule has 3 aromatic rings. The van der Waals surface area contributed by atoms with Crippen LogP contribution in [0.15, 0.2) is 54.0 Å². The highest BCUT2D eigenvalue weighted by molar-refractivity contribution is 7.10. The molecule has 0 saturated carbocycles. The van der Waals surface area contributed by atoms with Crippen molar-refractivity contribution in [2.45, 2.75) is 19.9 Å². The highest BCUT2D eigenvalue weighted by atomic mass is 32.1. The van der Waals surface area contributed by atoms with Crippen molar-refractivity contribution < 1.29 is 0 Å². The zero-order chi connectivity index (χ0) is 13.9. The van der Waals surface area contributed by atoms with E-state index in [0.29, 0.717) is 0 Å². The molecular formula is C16H17N3S. The second-order valence-electron chi connectivity index (χ2n) is 4.80. The number of thiophene rings is 1. The first-order chi connectivity index (χ1) is 9.74. The van der Waals surface area contributed by atoms with Crippen molar-refractivity contribution in [3.63, 3.8) is 0 Å². The fraction of sp³-hybridized carbons (Fsp3) is 0.188. The predicted octanol–water partition coefficient (Wildman–Crippen LogP) is 4.61. The summed E-state index contributed by atoms with van der Waals surface area (Å²) in [5.41, 5.74) is 2.07. The molecule has 0 radical (unpaired) electrons. The number of rotatable bonds is 4. The minimum Gasteiger partial charge on any atom is -0.326 e. The minimum absolute atomic E-state index is 0.280. The van der Waals surface area contributed by atoms with Crippen LogP contribution in [0.4, 0.5) is 11.6 Å². The number of nitrogens with zero attached hydrogens (tertiary/aromatic N) is 2. The monoisotopic (exact) mass is 283 g/mol. The average Bonchev–Trinajstić information content (AvgIpc) is 3.09. The molecular weight excluding hydrogens is 266 g/mol. The molecule has 3 rings (SSSR count). The van der Waals surface area contributed by atoms with E-state index in [2.05, 4.69) is 45.5 Å². The van der Waals surface area contributed by atoms with Crippen molar-refractivity contribution in [2.75, 3.05) is 5.32 Å². The molecule has 2 heterocycles. The first-order valence-corrected chi connectivity index (χ1v) is 7.53. The Labute approximate surface area is 122 Å². The zero-order valence-electron chi connectivity index (χ0n) is 11.6. The summed E-state index contributed by atoms with van der Waals surface area (Å²) in [4.78, 5) is 5.93. The van der Waals surface area contributed by atoms with E-state index in [9.17, 15) is 0 Å². The molecule has 102 valence electrons. The first-order valence-electron chi connectivity index (χ1n) is 6.65. The van der Waals surface area contributed by atoms with Crippen molar-refractivity contribution in [3.05, 3.63) is 64.6 Å². The SMILES string of the molecule is Cc1cn(C(C)c2cccs2)c(Nc2ccccc2)n1. The van der Waals surface area contributed by atoms with Crippen LogP contribution in [-0.4, -0.2) is 9.55 Å². The second-order valence-corrected chi connectivity index (χ2v) is 5.77. The van der Waals surface area contributed by atoms with Gasteiger partial charge in [-0.1, -0.05) is 24.3 Å². The molecule has 1 N–H and O–H groups in total. The van der Waals surface area contributed by atoms with E-state index >= 15 is 0 Å². The lowest BCUT2D eigenvalue weighted by atomic mass is 10.2. The highest BCUT2D eigenvalue weighted by Gasteiger charge is 2.14. The van der Waals surface area contributed by atoms with Gasteiger partial charge in [-0.3, -0.25) is 0 Å². The molecule has 1 atom stereocenters.